The molecule has 80 valence electrons. The van der Waals surface area contributed by atoms with E-state index < -0.39 is 0 Å². The van der Waals surface area contributed by atoms with Gasteiger partial charge in [-0.2, -0.15) is 0 Å². The van der Waals surface area contributed by atoms with Crippen LogP contribution < -0.4 is 0 Å². The fourth-order valence-electron chi connectivity index (χ4n) is 1.74. The van der Waals surface area contributed by atoms with E-state index in [0.717, 1.165) is 29.2 Å². The summed E-state index contributed by atoms with van der Waals surface area (Å²) < 4.78 is 15.1. The average Bonchev–Trinajstić information content (AvgIpc) is 2.61. The van der Waals surface area contributed by atoms with Crippen LogP contribution in [0.5, 0.6) is 0 Å². The van der Waals surface area contributed by atoms with Gasteiger partial charge in [-0.3, -0.25) is 0 Å². The van der Waals surface area contributed by atoms with E-state index in [1.807, 2.05) is 18.3 Å². The Morgan fingerprint density at radius 3 is 2.87 bits per heavy atom. The number of fused-ring (bicyclic) bond motifs is 1. The molecule has 0 aliphatic rings. The van der Waals surface area contributed by atoms with Gasteiger partial charge in [0.25, 0.3) is 0 Å². The Balaban J connectivity index is 2.21. The molecule has 0 saturated carbocycles. The second-order valence-corrected chi connectivity index (χ2v) is 4.40. The zero-order valence-electron chi connectivity index (χ0n) is 8.42. The number of alkyl halides is 1. The normalized spacial score (nSPS) is 11.1. The predicted octanol–water partition coefficient (Wildman–Crippen LogP) is 3.96. The highest BCUT2D eigenvalue weighted by Gasteiger charge is 2.01. The standard InChI is InChI=1S/C12H13BrFN/c13-6-1-2-7-15-8-5-10-9-11(14)3-4-12(10)15/h3-5,8-9H,1-2,6-7H2. The molecule has 1 heterocycles. The maximum atomic E-state index is 12.9. The first-order valence-electron chi connectivity index (χ1n) is 5.11. The summed E-state index contributed by atoms with van der Waals surface area (Å²) in [5.41, 5.74) is 1.12. The second-order valence-electron chi connectivity index (χ2n) is 3.61. The maximum Gasteiger partial charge on any atom is 0.123 e. The molecule has 15 heavy (non-hydrogen) atoms. The van der Waals surface area contributed by atoms with Crippen molar-refractivity contribution in [2.75, 3.05) is 5.33 Å². The molecule has 0 atom stereocenters. The maximum absolute atomic E-state index is 12.9. The van der Waals surface area contributed by atoms with E-state index in [0.29, 0.717) is 0 Å². The summed E-state index contributed by atoms with van der Waals surface area (Å²) in [6, 6.07) is 6.91. The molecule has 0 amide bonds. The molecule has 1 nitrogen and oxygen atoms in total. The van der Waals surface area contributed by atoms with E-state index in [-0.39, 0.29) is 5.82 Å². The molecule has 0 aliphatic heterocycles. The van der Waals surface area contributed by atoms with E-state index >= 15 is 0 Å². The van der Waals surface area contributed by atoms with Crippen LogP contribution in [-0.2, 0) is 6.54 Å². The number of aryl methyl sites for hydroxylation is 1. The molecular weight excluding hydrogens is 257 g/mol. The van der Waals surface area contributed by atoms with Crippen molar-refractivity contribution in [2.45, 2.75) is 19.4 Å². The number of rotatable bonds is 4. The minimum absolute atomic E-state index is 0.166. The van der Waals surface area contributed by atoms with Crippen LogP contribution in [0, 0.1) is 5.82 Å². The lowest BCUT2D eigenvalue weighted by Crippen LogP contribution is -1.96. The number of hydrogen-bond acceptors (Lipinski definition) is 0. The van der Waals surface area contributed by atoms with Crippen molar-refractivity contribution in [1.29, 1.82) is 0 Å². The van der Waals surface area contributed by atoms with Crippen molar-refractivity contribution in [3.8, 4) is 0 Å². The Morgan fingerprint density at radius 1 is 1.20 bits per heavy atom. The molecule has 0 bridgehead atoms. The van der Waals surface area contributed by atoms with Gasteiger partial charge in [0.15, 0.2) is 0 Å². The summed E-state index contributed by atoms with van der Waals surface area (Å²) in [6.45, 7) is 1.00. The van der Waals surface area contributed by atoms with Gasteiger partial charge in [0.2, 0.25) is 0 Å². The zero-order valence-corrected chi connectivity index (χ0v) is 10.0. The SMILES string of the molecule is Fc1ccc2c(ccn2CCCCBr)c1. The summed E-state index contributed by atoms with van der Waals surface area (Å²) in [7, 11) is 0. The third-order valence-electron chi connectivity index (χ3n) is 2.52. The highest BCUT2D eigenvalue weighted by molar-refractivity contribution is 9.09. The van der Waals surface area contributed by atoms with Crippen molar-refractivity contribution in [1.82, 2.24) is 4.57 Å². The van der Waals surface area contributed by atoms with Crippen LogP contribution in [0.15, 0.2) is 30.5 Å². The third-order valence-corrected chi connectivity index (χ3v) is 3.08. The van der Waals surface area contributed by atoms with Crippen LogP contribution in [0.4, 0.5) is 4.39 Å². The molecular formula is C12H13BrFN. The summed E-state index contributed by atoms with van der Waals surface area (Å²) in [6.07, 6.45) is 4.34. The molecule has 1 aromatic heterocycles. The Kier molecular flexibility index (Phi) is 3.41. The molecule has 0 saturated heterocycles. The molecule has 0 fully saturated rings. The highest BCUT2D eigenvalue weighted by Crippen LogP contribution is 2.17. The van der Waals surface area contributed by atoms with Gasteiger partial charge in [-0.15, -0.1) is 0 Å². The van der Waals surface area contributed by atoms with E-state index in [1.165, 1.54) is 12.5 Å². The lowest BCUT2D eigenvalue weighted by Gasteiger charge is -2.04. The van der Waals surface area contributed by atoms with Crippen molar-refractivity contribution in [3.05, 3.63) is 36.3 Å². The topological polar surface area (TPSA) is 4.93 Å². The minimum Gasteiger partial charge on any atom is -0.347 e. The van der Waals surface area contributed by atoms with Crippen molar-refractivity contribution >= 4 is 26.8 Å². The van der Waals surface area contributed by atoms with Crippen LogP contribution >= 0.6 is 15.9 Å². The molecule has 1 aromatic carbocycles. The summed E-state index contributed by atoms with van der Waals surface area (Å²) in [4.78, 5) is 0. The number of unbranched alkanes of at least 4 members (excludes halogenated alkanes) is 1. The van der Waals surface area contributed by atoms with Crippen LogP contribution in [0.3, 0.4) is 0 Å². The van der Waals surface area contributed by atoms with Gasteiger partial charge < -0.3 is 4.57 Å². The van der Waals surface area contributed by atoms with Gasteiger partial charge in [-0.05, 0) is 37.1 Å². The third kappa shape index (κ3) is 2.40. The zero-order chi connectivity index (χ0) is 10.7. The summed E-state index contributed by atoms with van der Waals surface area (Å²) in [5.74, 6) is -0.166. The number of hydrogen-bond donors (Lipinski definition) is 0. The quantitative estimate of drug-likeness (QED) is 0.585. The average molecular weight is 270 g/mol. The monoisotopic (exact) mass is 269 g/mol. The number of aromatic nitrogens is 1. The van der Waals surface area contributed by atoms with Gasteiger partial charge in [0.05, 0.1) is 0 Å². The van der Waals surface area contributed by atoms with E-state index in [2.05, 4.69) is 20.5 Å². The fourth-order valence-corrected chi connectivity index (χ4v) is 2.14. The van der Waals surface area contributed by atoms with Crippen molar-refractivity contribution in [3.63, 3.8) is 0 Å². The molecule has 0 N–H and O–H groups in total. The van der Waals surface area contributed by atoms with Crippen LogP contribution in [0.25, 0.3) is 10.9 Å². The van der Waals surface area contributed by atoms with Crippen LogP contribution in [0.2, 0.25) is 0 Å². The first-order valence-corrected chi connectivity index (χ1v) is 6.24. The van der Waals surface area contributed by atoms with Gasteiger partial charge in [-0.1, -0.05) is 15.9 Å². The Hall–Kier alpha value is -0.830. The first kappa shape index (κ1) is 10.7. The van der Waals surface area contributed by atoms with Gasteiger partial charge >= 0.3 is 0 Å². The minimum atomic E-state index is -0.166. The molecule has 0 aliphatic carbocycles. The smallest absolute Gasteiger partial charge is 0.123 e. The van der Waals surface area contributed by atoms with E-state index in [4.69, 9.17) is 0 Å². The Bertz CT molecular complexity index is 450. The Morgan fingerprint density at radius 2 is 2.07 bits per heavy atom. The lowest BCUT2D eigenvalue weighted by atomic mass is 10.2. The first-order chi connectivity index (χ1) is 7.31. The molecule has 0 unspecified atom stereocenters. The summed E-state index contributed by atoms with van der Waals surface area (Å²) in [5, 5.41) is 2.02. The van der Waals surface area contributed by atoms with E-state index in [1.54, 1.807) is 6.07 Å². The number of halogens is 2. The van der Waals surface area contributed by atoms with Crippen LogP contribution in [-0.4, -0.2) is 9.90 Å². The molecule has 3 heteroatoms. The van der Waals surface area contributed by atoms with Crippen molar-refractivity contribution < 1.29 is 4.39 Å². The molecule has 2 rings (SSSR count). The largest absolute Gasteiger partial charge is 0.347 e. The van der Waals surface area contributed by atoms with Gasteiger partial charge in [0.1, 0.15) is 5.82 Å². The number of nitrogens with zero attached hydrogens (tertiary/aromatic N) is 1. The predicted molar refractivity (Wildman–Crippen MR) is 64.9 cm³/mol. The summed E-state index contributed by atoms with van der Waals surface area (Å²) >= 11 is 3.41. The van der Waals surface area contributed by atoms with Crippen molar-refractivity contribution in [2.24, 2.45) is 0 Å². The molecule has 0 radical (unpaired) electrons. The molecule has 0 spiro atoms. The van der Waals surface area contributed by atoms with Crippen LogP contribution in [0.1, 0.15) is 12.8 Å². The highest BCUT2D eigenvalue weighted by atomic mass is 79.9. The van der Waals surface area contributed by atoms with Gasteiger partial charge in [-0.25, -0.2) is 4.39 Å². The fraction of sp³-hybridized carbons (Fsp3) is 0.333. The second kappa shape index (κ2) is 4.79. The Labute approximate surface area is 97.0 Å². The lowest BCUT2D eigenvalue weighted by molar-refractivity contribution is 0.628. The number of benzene rings is 1. The van der Waals surface area contributed by atoms with E-state index in [9.17, 15) is 4.39 Å². The van der Waals surface area contributed by atoms with Gasteiger partial charge in [0, 0.05) is 29.0 Å². The molecule has 2 aromatic rings.